The summed E-state index contributed by atoms with van der Waals surface area (Å²) in [6.07, 6.45) is 0.911. The van der Waals surface area contributed by atoms with Crippen LogP contribution in [0.15, 0.2) is 30.3 Å². The molecule has 0 fully saturated rings. The van der Waals surface area contributed by atoms with Crippen molar-refractivity contribution in [2.75, 3.05) is 0 Å². The van der Waals surface area contributed by atoms with Crippen LogP contribution < -0.4 is 11.1 Å². The second-order valence-corrected chi connectivity index (χ2v) is 4.55. The number of nitrogens with two attached hydrogens (primary N) is 1. The van der Waals surface area contributed by atoms with Crippen LogP contribution in [0.4, 0.5) is 0 Å². The molecular weight excluding hydrogens is 212 g/mol. The highest BCUT2D eigenvalue weighted by molar-refractivity contribution is 5.82. The highest BCUT2D eigenvalue weighted by atomic mass is 16.2. The Labute approximate surface area is 103 Å². The Kier molecular flexibility index (Phi) is 5.16. The maximum absolute atomic E-state index is 11.9. The molecule has 0 radical (unpaired) electrons. The molecule has 1 aromatic rings. The van der Waals surface area contributed by atoms with Crippen LogP contribution in [-0.4, -0.2) is 11.9 Å². The van der Waals surface area contributed by atoms with Gasteiger partial charge in [0.15, 0.2) is 0 Å². The van der Waals surface area contributed by atoms with Gasteiger partial charge in [-0.2, -0.15) is 0 Å². The van der Waals surface area contributed by atoms with Crippen molar-refractivity contribution in [1.82, 2.24) is 5.32 Å². The lowest BCUT2D eigenvalue weighted by molar-refractivity contribution is -0.124. The molecule has 94 valence electrons. The first-order chi connectivity index (χ1) is 8.06. The Morgan fingerprint density at radius 1 is 1.29 bits per heavy atom. The predicted octanol–water partition coefficient (Wildman–Crippen LogP) is 2.24. The van der Waals surface area contributed by atoms with Gasteiger partial charge in [-0.25, -0.2) is 0 Å². The van der Waals surface area contributed by atoms with Crippen LogP contribution in [0.5, 0.6) is 0 Å². The number of carbonyl (C=O) groups excluding carboxylic acids is 1. The van der Waals surface area contributed by atoms with Crippen molar-refractivity contribution in [2.24, 2.45) is 11.7 Å². The minimum Gasteiger partial charge on any atom is -0.348 e. The Morgan fingerprint density at radius 3 is 2.41 bits per heavy atom. The number of carbonyl (C=O) groups is 1. The highest BCUT2D eigenvalue weighted by Crippen LogP contribution is 2.12. The lowest BCUT2D eigenvalue weighted by Gasteiger charge is -2.21. The second kappa shape index (κ2) is 6.40. The zero-order valence-corrected chi connectivity index (χ0v) is 10.8. The van der Waals surface area contributed by atoms with Gasteiger partial charge in [-0.15, -0.1) is 0 Å². The number of rotatable bonds is 5. The van der Waals surface area contributed by atoms with Crippen molar-refractivity contribution < 1.29 is 4.79 Å². The maximum Gasteiger partial charge on any atom is 0.237 e. The molecule has 0 aromatic heterocycles. The fourth-order valence-corrected chi connectivity index (χ4v) is 1.65. The molecule has 3 N–H and O–H groups in total. The average molecular weight is 234 g/mol. The molecule has 1 unspecified atom stereocenters. The number of amides is 1. The van der Waals surface area contributed by atoms with E-state index in [0.717, 1.165) is 12.0 Å². The van der Waals surface area contributed by atoms with Crippen LogP contribution in [0.25, 0.3) is 0 Å². The van der Waals surface area contributed by atoms with Gasteiger partial charge in [0.05, 0.1) is 12.1 Å². The monoisotopic (exact) mass is 234 g/mol. The summed E-state index contributed by atoms with van der Waals surface area (Å²) in [6, 6.07) is 9.46. The Morgan fingerprint density at radius 2 is 1.88 bits per heavy atom. The molecule has 0 aliphatic rings. The van der Waals surface area contributed by atoms with E-state index < -0.39 is 6.04 Å². The molecule has 0 spiro atoms. The van der Waals surface area contributed by atoms with Gasteiger partial charge in [-0.1, -0.05) is 50.6 Å². The molecule has 3 atom stereocenters. The fourth-order valence-electron chi connectivity index (χ4n) is 1.65. The van der Waals surface area contributed by atoms with Crippen LogP contribution >= 0.6 is 0 Å². The van der Waals surface area contributed by atoms with E-state index in [2.05, 4.69) is 5.32 Å². The van der Waals surface area contributed by atoms with Gasteiger partial charge in [0.25, 0.3) is 0 Å². The van der Waals surface area contributed by atoms with Gasteiger partial charge < -0.3 is 11.1 Å². The van der Waals surface area contributed by atoms with Crippen molar-refractivity contribution in [2.45, 2.75) is 39.3 Å². The quantitative estimate of drug-likeness (QED) is 0.821. The third-order valence-electron chi connectivity index (χ3n) is 3.22. The number of hydrogen-bond donors (Lipinski definition) is 2. The van der Waals surface area contributed by atoms with Crippen LogP contribution in [0.1, 0.15) is 38.8 Å². The minimum atomic E-state index is -0.425. The molecule has 0 aliphatic heterocycles. The summed E-state index contributed by atoms with van der Waals surface area (Å²) in [5.41, 5.74) is 6.98. The summed E-state index contributed by atoms with van der Waals surface area (Å²) < 4.78 is 0. The van der Waals surface area contributed by atoms with Crippen LogP contribution in [0.2, 0.25) is 0 Å². The first kappa shape index (κ1) is 13.7. The molecule has 0 aliphatic carbocycles. The van der Waals surface area contributed by atoms with Gasteiger partial charge >= 0.3 is 0 Å². The summed E-state index contributed by atoms with van der Waals surface area (Å²) in [5, 5.41) is 2.95. The summed E-state index contributed by atoms with van der Waals surface area (Å²) in [6.45, 7) is 6.01. The van der Waals surface area contributed by atoms with Crippen LogP contribution in [-0.2, 0) is 4.79 Å². The standard InChI is InChI=1S/C14H22N2O/c1-4-10(2)13(15)14(17)16-11(3)12-8-6-5-7-9-12/h5-11,13H,4,15H2,1-3H3,(H,16,17)/t10-,11?,13-/m0/s1. The molecule has 3 nitrogen and oxygen atoms in total. The maximum atomic E-state index is 11.9. The second-order valence-electron chi connectivity index (χ2n) is 4.55. The number of benzene rings is 1. The summed E-state index contributed by atoms with van der Waals surface area (Å²) in [7, 11) is 0. The molecule has 1 amide bonds. The van der Waals surface area contributed by atoms with E-state index in [1.807, 2.05) is 51.1 Å². The smallest absolute Gasteiger partial charge is 0.237 e. The van der Waals surface area contributed by atoms with Gasteiger partial charge in [-0.05, 0) is 18.4 Å². The van der Waals surface area contributed by atoms with Crippen molar-refractivity contribution >= 4 is 5.91 Å². The lowest BCUT2D eigenvalue weighted by Crippen LogP contribution is -2.45. The van der Waals surface area contributed by atoms with Crippen molar-refractivity contribution in [3.05, 3.63) is 35.9 Å². The average Bonchev–Trinajstić information content (AvgIpc) is 2.37. The Bertz CT molecular complexity index is 350. The molecule has 3 heteroatoms. The zero-order chi connectivity index (χ0) is 12.8. The molecule has 0 saturated carbocycles. The van der Waals surface area contributed by atoms with Crippen molar-refractivity contribution in [3.63, 3.8) is 0 Å². The molecular formula is C14H22N2O. The van der Waals surface area contributed by atoms with E-state index in [0.29, 0.717) is 0 Å². The topological polar surface area (TPSA) is 55.1 Å². The summed E-state index contributed by atoms with van der Waals surface area (Å²) in [4.78, 5) is 11.9. The van der Waals surface area contributed by atoms with Crippen molar-refractivity contribution in [1.29, 1.82) is 0 Å². The molecule has 17 heavy (non-hydrogen) atoms. The SMILES string of the molecule is CC[C@H](C)[C@H](N)C(=O)NC(C)c1ccccc1. The normalized spacial score (nSPS) is 16.0. The minimum absolute atomic E-state index is 0.00111. The van der Waals surface area contributed by atoms with E-state index >= 15 is 0 Å². The van der Waals surface area contributed by atoms with Crippen molar-refractivity contribution in [3.8, 4) is 0 Å². The molecule has 1 rings (SSSR count). The predicted molar refractivity (Wildman–Crippen MR) is 70.4 cm³/mol. The molecule has 0 heterocycles. The van der Waals surface area contributed by atoms with E-state index in [1.165, 1.54) is 0 Å². The van der Waals surface area contributed by atoms with Gasteiger partial charge in [0.1, 0.15) is 0 Å². The zero-order valence-electron chi connectivity index (χ0n) is 10.8. The highest BCUT2D eigenvalue weighted by Gasteiger charge is 2.20. The third-order valence-corrected chi connectivity index (χ3v) is 3.22. The summed E-state index contributed by atoms with van der Waals surface area (Å²) >= 11 is 0. The lowest BCUT2D eigenvalue weighted by atomic mass is 9.98. The van der Waals surface area contributed by atoms with E-state index in [1.54, 1.807) is 0 Å². The van der Waals surface area contributed by atoms with Gasteiger partial charge in [-0.3, -0.25) is 4.79 Å². The Balaban J connectivity index is 2.57. The van der Waals surface area contributed by atoms with Gasteiger partial charge in [0, 0.05) is 0 Å². The van der Waals surface area contributed by atoms with Gasteiger partial charge in [0.2, 0.25) is 5.91 Å². The van der Waals surface area contributed by atoms with E-state index in [-0.39, 0.29) is 17.9 Å². The molecule has 1 aromatic carbocycles. The first-order valence-corrected chi connectivity index (χ1v) is 6.17. The third kappa shape index (κ3) is 3.86. The Hall–Kier alpha value is -1.35. The van der Waals surface area contributed by atoms with E-state index in [9.17, 15) is 4.79 Å². The molecule has 0 saturated heterocycles. The van der Waals surface area contributed by atoms with Crippen LogP contribution in [0, 0.1) is 5.92 Å². The molecule has 0 bridgehead atoms. The fraction of sp³-hybridized carbons (Fsp3) is 0.500. The number of nitrogens with one attached hydrogen (secondary N) is 1. The van der Waals surface area contributed by atoms with Crippen LogP contribution in [0.3, 0.4) is 0 Å². The summed E-state index contributed by atoms with van der Waals surface area (Å²) in [5.74, 6) is 0.133. The first-order valence-electron chi connectivity index (χ1n) is 6.17. The van der Waals surface area contributed by atoms with E-state index in [4.69, 9.17) is 5.73 Å². The number of hydrogen-bond acceptors (Lipinski definition) is 2. The largest absolute Gasteiger partial charge is 0.348 e.